The standard InChI is InChI=1S/C13H12BrN/c1-10(9-14)8-12-7-6-11-4-2-3-5-13(11)15-12/h2-8H,9H2,1H3/b10-8-. The molecule has 0 aliphatic heterocycles. The number of rotatable bonds is 2. The molecule has 0 unspecified atom stereocenters. The van der Waals surface area contributed by atoms with Crippen LogP contribution in [0.3, 0.4) is 0 Å². The van der Waals surface area contributed by atoms with E-state index in [1.54, 1.807) is 0 Å². The minimum absolute atomic E-state index is 0.890. The second-order valence-electron chi connectivity index (χ2n) is 3.55. The molecule has 0 N–H and O–H groups in total. The Kier molecular flexibility index (Phi) is 3.17. The first-order chi connectivity index (χ1) is 7.29. The van der Waals surface area contributed by atoms with Gasteiger partial charge in [-0.3, -0.25) is 0 Å². The smallest absolute Gasteiger partial charge is 0.0709 e. The number of hydrogen-bond donors (Lipinski definition) is 0. The van der Waals surface area contributed by atoms with Gasteiger partial charge < -0.3 is 0 Å². The zero-order valence-corrected chi connectivity index (χ0v) is 10.2. The maximum absolute atomic E-state index is 4.57. The predicted octanol–water partition coefficient (Wildman–Crippen LogP) is 4.03. The van der Waals surface area contributed by atoms with Crippen molar-refractivity contribution in [1.29, 1.82) is 0 Å². The Labute approximate surface area is 98.0 Å². The molecule has 15 heavy (non-hydrogen) atoms. The van der Waals surface area contributed by atoms with Crippen LogP contribution in [0.15, 0.2) is 42.0 Å². The molecule has 0 amide bonds. The molecular formula is C13H12BrN. The molecule has 2 heteroatoms. The van der Waals surface area contributed by atoms with Gasteiger partial charge in [0.05, 0.1) is 11.2 Å². The number of hydrogen-bond acceptors (Lipinski definition) is 1. The van der Waals surface area contributed by atoms with E-state index in [0.717, 1.165) is 16.5 Å². The van der Waals surface area contributed by atoms with Crippen LogP contribution in [0.25, 0.3) is 17.0 Å². The minimum Gasteiger partial charge on any atom is -0.248 e. The van der Waals surface area contributed by atoms with Crippen molar-refractivity contribution in [1.82, 2.24) is 4.98 Å². The molecule has 1 aromatic carbocycles. The van der Waals surface area contributed by atoms with Crippen molar-refractivity contribution in [2.24, 2.45) is 0 Å². The summed E-state index contributed by atoms with van der Waals surface area (Å²) in [5.41, 5.74) is 3.34. The Morgan fingerprint density at radius 3 is 2.87 bits per heavy atom. The van der Waals surface area contributed by atoms with E-state index in [-0.39, 0.29) is 0 Å². The highest BCUT2D eigenvalue weighted by molar-refractivity contribution is 9.09. The number of fused-ring (bicyclic) bond motifs is 1. The van der Waals surface area contributed by atoms with Crippen molar-refractivity contribution < 1.29 is 0 Å². The lowest BCUT2D eigenvalue weighted by Gasteiger charge is -1.99. The third kappa shape index (κ3) is 2.45. The number of para-hydroxylation sites is 1. The minimum atomic E-state index is 0.890. The number of benzene rings is 1. The molecule has 0 saturated heterocycles. The normalized spacial score (nSPS) is 12.0. The van der Waals surface area contributed by atoms with Gasteiger partial charge in [0.15, 0.2) is 0 Å². The van der Waals surface area contributed by atoms with Crippen molar-refractivity contribution in [2.45, 2.75) is 6.92 Å². The van der Waals surface area contributed by atoms with Crippen molar-refractivity contribution in [3.63, 3.8) is 0 Å². The topological polar surface area (TPSA) is 12.9 Å². The summed E-state index contributed by atoms with van der Waals surface area (Å²) in [4.78, 5) is 4.57. The van der Waals surface area contributed by atoms with Crippen LogP contribution < -0.4 is 0 Å². The summed E-state index contributed by atoms with van der Waals surface area (Å²) >= 11 is 3.43. The van der Waals surface area contributed by atoms with Gasteiger partial charge in [-0.1, -0.05) is 45.8 Å². The summed E-state index contributed by atoms with van der Waals surface area (Å²) in [7, 11) is 0. The summed E-state index contributed by atoms with van der Waals surface area (Å²) in [5.74, 6) is 0. The predicted molar refractivity (Wildman–Crippen MR) is 69.2 cm³/mol. The molecule has 0 fully saturated rings. The number of alkyl halides is 1. The molecule has 1 heterocycles. The van der Waals surface area contributed by atoms with Gasteiger partial charge >= 0.3 is 0 Å². The molecule has 0 bridgehead atoms. The summed E-state index contributed by atoms with van der Waals surface area (Å²) in [5, 5.41) is 2.08. The highest BCUT2D eigenvalue weighted by Crippen LogP contribution is 2.14. The lowest BCUT2D eigenvalue weighted by molar-refractivity contribution is 1.34. The molecular weight excluding hydrogens is 250 g/mol. The van der Waals surface area contributed by atoms with Crippen LogP contribution >= 0.6 is 15.9 Å². The largest absolute Gasteiger partial charge is 0.248 e. The fourth-order valence-corrected chi connectivity index (χ4v) is 1.62. The molecule has 0 radical (unpaired) electrons. The molecule has 2 aromatic rings. The fourth-order valence-electron chi connectivity index (χ4n) is 1.45. The zero-order chi connectivity index (χ0) is 10.7. The van der Waals surface area contributed by atoms with Gasteiger partial charge in [-0.15, -0.1) is 0 Å². The van der Waals surface area contributed by atoms with Crippen LogP contribution in [0.5, 0.6) is 0 Å². The van der Waals surface area contributed by atoms with Crippen LogP contribution in [0.4, 0.5) is 0 Å². The number of nitrogens with zero attached hydrogens (tertiary/aromatic N) is 1. The number of aromatic nitrogens is 1. The number of allylic oxidation sites excluding steroid dienone is 1. The lowest BCUT2D eigenvalue weighted by Crippen LogP contribution is -1.84. The molecule has 0 spiro atoms. The van der Waals surface area contributed by atoms with E-state index in [1.807, 2.05) is 18.2 Å². The van der Waals surface area contributed by atoms with E-state index in [4.69, 9.17) is 0 Å². The lowest BCUT2D eigenvalue weighted by atomic mass is 10.2. The summed E-state index contributed by atoms with van der Waals surface area (Å²) in [6.07, 6.45) is 2.10. The van der Waals surface area contributed by atoms with Crippen molar-refractivity contribution in [3.8, 4) is 0 Å². The molecule has 76 valence electrons. The van der Waals surface area contributed by atoms with Gasteiger partial charge in [0, 0.05) is 10.7 Å². The second kappa shape index (κ2) is 4.58. The average Bonchev–Trinajstić information content (AvgIpc) is 2.29. The first-order valence-corrected chi connectivity index (χ1v) is 6.00. The third-order valence-electron chi connectivity index (χ3n) is 2.23. The molecule has 0 aliphatic rings. The monoisotopic (exact) mass is 261 g/mol. The Bertz CT molecular complexity index is 503. The summed E-state index contributed by atoms with van der Waals surface area (Å²) < 4.78 is 0. The summed E-state index contributed by atoms with van der Waals surface area (Å²) in [6, 6.07) is 12.3. The highest BCUT2D eigenvalue weighted by Gasteiger charge is 1.95. The van der Waals surface area contributed by atoms with Crippen molar-refractivity contribution >= 4 is 32.9 Å². The number of halogens is 1. The van der Waals surface area contributed by atoms with E-state index in [0.29, 0.717) is 0 Å². The maximum Gasteiger partial charge on any atom is 0.0709 e. The van der Waals surface area contributed by atoms with Gasteiger partial charge in [0.25, 0.3) is 0 Å². The Morgan fingerprint density at radius 2 is 2.07 bits per heavy atom. The fraction of sp³-hybridized carbons (Fsp3) is 0.154. The average molecular weight is 262 g/mol. The molecule has 1 aromatic heterocycles. The van der Waals surface area contributed by atoms with Gasteiger partial charge in [0.2, 0.25) is 0 Å². The first kappa shape index (κ1) is 10.4. The van der Waals surface area contributed by atoms with Crippen molar-refractivity contribution in [3.05, 3.63) is 47.7 Å². The van der Waals surface area contributed by atoms with Gasteiger partial charge in [-0.05, 0) is 25.1 Å². The number of pyridine rings is 1. The SMILES string of the molecule is C/C(=C/c1ccc2ccccc2n1)CBr. The first-order valence-electron chi connectivity index (χ1n) is 4.88. The molecule has 0 atom stereocenters. The van der Waals surface area contributed by atoms with Crippen LogP contribution in [0.2, 0.25) is 0 Å². The molecule has 0 aliphatic carbocycles. The molecule has 0 saturated carbocycles. The highest BCUT2D eigenvalue weighted by atomic mass is 79.9. The Hall–Kier alpha value is -1.15. The van der Waals surface area contributed by atoms with E-state index < -0.39 is 0 Å². The van der Waals surface area contributed by atoms with Crippen LogP contribution in [-0.2, 0) is 0 Å². The van der Waals surface area contributed by atoms with E-state index in [2.05, 4.69) is 52.1 Å². The molecule has 2 rings (SSSR count). The zero-order valence-electron chi connectivity index (χ0n) is 8.57. The van der Waals surface area contributed by atoms with Gasteiger partial charge in [0.1, 0.15) is 0 Å². The maximum atomic E-state index is 4.57. The van der Waals surface area contributed by atoms with Crippen LogP contribution in [0, 0.1) is 0 Å². The second-order valence-corrected chi connectivity index (χ2v) is 4.11. The summed E-state index contributed by atoms with van der Waals surface area (Å²) in [6.45, 7) is 2.09. The Balaban J connectivity index is 2.47. The Morgan fingerprint density at radius 1 is 1.27 bits per heavy atom. The van der Waals surface area contributed by atoms with Crippen LogP contribution in [0.1, 0.15) is 12.6 Å². The van der Waals surface area contributed by atoms with Crippen LogP contribution in [-0.4, -0.2) is 10.3 Å². The van der Waals surface area contributed by atoms with Gasteiger partial charge in [-0.2, -0.15) is 0 Å². The quantitative estimate of drug-likeness (QED) is 0.744. The van der Waals surface area contributed by atoms with Gasteiger partial charge in [-0.25, -0.2) is 4.98 Å². The third-order valence-corrected chi connectivity index (χ3v) is 3.11. The molecule has 1 nitrogen and oxygen atoms in total. The van der Waals surface area contributed by atoms with E-state index >= 15 is 0 Å². The van der Waals surface area contributed by atoms with E-state index in [1.165, 1.54) is 11.0 Å². The van der Waals surface area contributed by atoms with Crippen molar-refractivity contribution in [2.75, 3.05) is 5.33 Å². The van der Waals surface area contributed by atoms with E-state index in [9.17, 15) is 0 Å².